The van der Waals surface area contributed by atoms with E-state index in [-0.39, 0.29) is 0 Å². The molecule has 0 aromatic heterocycles. The molecule has 3 unspecified atom stereocenters. The molecule has 0 aliphatic carbocycles. The van der Waals surface area contributed by atoms with Crippen LogP contribution in [0.25, 0.3) is 0 Å². The summed E-state index contributed by atoms with van der Waals surface area (Å²) in [6.45, 7) is 6.63. The van der Waals surface area contributed by atoms with Gasteiger partial charge in [-0.05, 0) is 45.4 Å². The summed E-state index contributed by atoms with van der Waals surface area (Å²) in [7, 11) is 0. The maximum Gasteiger partial charge on any atom is 0.237 e. The van der Waals surface area contributed by atoms with Crippen molar-refractivity contribution in [3.8, 4) is 0 Å². The highest BCUT2D eigenvalue weighted by Gasteiger charge is 2.32. The van der Waals surface area contributed by atoms with E-state index in [4.69, 9.17) is 5.73 Å². The maximum absolute atomic E-state index is 12.7. The molecule has 2 saturated heterocycles. The number of nitrogens with two attached hydrogens (primary N) is 1. The lowest BCUT2D eigenvalue weighted by molar-refractivity contribution is -0.138. The lowest BCUT2D eigenvalue weighted by Gasteiger charge is -2.42. The zero-order valence-corrected chi connectivity index (χ0v) is 13.2. The van der Waals surface area contributed by atoms with Gasteiger partial charge < -0.3 is 10.6 Å². The summed E-state index contributed by atoms with van der Waals surface area (Å²) < 4.78 is 0. The standard InChI is InChI=1S/C16H31N3O/c1-3-14-8-4-5-10-18(14)16(20)12-19-13(2)7-6-9-15(19)11-17/h13-15H,3-12,17H2,1-2H3. The molecule has 0 aromatic rings. The van der Waals surface area contributed by atoms with E-state index in [9.17, 15) is 4.79 Å². The summed E-state index contributed by atoms with van der Waals surface area (Å²) in [6, 6.07) is 1.35. The van der Waals surface area contributed by atoms with Crippen LogP contribution < -0.4 is 5.73 Å². The van der Waals surface area contributed by atoms with Crippen molar-refractivity contribution in [2.75, 3.05) is 19.6 Å². The third kappa shape index (κ3) is 3.53. The van der Waals surface area contributed by atoms with Gasteiger partial charge in [-0.3, -0.25) is 9.69 Å². The molecule has 4 heteroatoms. The highest BCUT2D eigenvalue weighted by atomic mass is 16.2. The molecular formula is C16H31N3O. The smallest absolute Gasteiger partial charge is 0.237 e. The Bertz CT molecular complexity index is 321. The van der Waals surface area contributed by atoms with Crippen LogP contribution in [0.2, 0.25) is 0 Å². The van der Waals surface area contributed by atoms with Crippen molar-refractivity contribution in [3.05, 3.63) is 0 Å². The van der Waals surface area contributed by atoms with Crippen LogP contribution in [0.3, 0.4) is 0 Å². The van der Waals surface area contributed by atoms with Gasteiger partial charge in [-0.25, -0.2) is 0 Å². The average Bonchev–Trinajstić information content (AvgIpc) is 2.49. The third-order valence-electron chi connectivity index (χ3n) is 5.20. The van der Waals surface area contributed by atoms with Crippen LogP contribution in [0.15, 0.2) is 0 Å². The lowest BCUT2D eigenvalue weighted by Crippen LogP contribution is -2.54. The van der Waals surface area contributed by atoms with Gasteiger partial charge in [-0.2, -0.15) is 0 Å². The largest absolute Gasteiger partial charge is 0.339 e. The molecule has 2 fully saturated rings. The first-order valence-corrected chi connectivity index (χ1v) is 8.42. The van der Waals surface area contributed by atoms with Gasteiger partial charge in [0.1, 0.15) is 0 Å². The Balaban J connectivity index is 1.97. The Labute approximate surface area is 123 Å². The number of hydrogen-bond acceptors (Lipinski definition) is 3. The van der Waals surface area contributed by atoms with Gasteiger partial charge in [0.25, 0.3) is 0 Å². The fourth-order valence-corrected chi connectivity index (χ4v) is 3.88. The number of likely N-dealkylation sites (tertiary alicyclic amines) is 2. The summed E-state index contributed by atoms with van der Waals surface area (Å²) in [5.41, 5.74) is 5.90. The van der Waals surface area contributed by atoms with Gasteiger partial charge in [-0.15, -0.1) is 0 Å². The Morgan fingerprint density at radius 2 is 1.90 bits per heavy atom. The van der Waals surface area contributed by atoms with Crippen LogP contribution in [0, 0.1) is 0 Å². The molecule has 1 amide bonds. The van der Waals surface area contributed by atoms with Crippen molar-refractivity contribution in [3.63, 3.8) is 0 Å². The highest BCUT2D eigenvalue weighted by molar-refractivity contribution is 5.78. The predicted octanol–water partition coefficient (Wildman–Crippen LogP) is 1.98. The second kappa shape index (κ2) is 7.41. The molecule has 0 radical (unpaired) electrons. The summed E-state index contributed by atoms with van der Waals surface area (Å²) in [4.78, 5) is 17.2. The Hall–Kier alpha value is -0.610. The van der Waals surface area contributed by atoms with Crippen LogP contribution in [0.1, 0.15) is 58.8 Å². The number of amides is 1. The molecule has 2 aliphatic heterocycles. The van der Waals surface area contributed by atoms with E-state index in [0.29, 0.717) is 37.1 Å². The van der Waals surface area contributed by atoms with Crippen LogP contribution in [-0.4, -0.2) is 53.5 Å². The molecule has 3 atom stereocenters. The number of nitrogens with zero attached hydrogens (tertiary/aromatic N) is 2. The number of rotatable bonds is 4. The minimum Gasteiger partial charge on any atom is -0.339 e. The van der Waals surface area contributed by atoms with Gasteiger partial charge in [0.05, 0.1) is 6.54 Å². The first-order chi connectivity index (χ1) is 9.67. The van der Waals surface area contributed by atoms with Gasteiger partial charge in [0, 0.05) is 31.2 Å². The van der Waals surface area contributed by atoms with Crippen LogP contribution in [0.5, 0.6) is 0 Å². The molecule has 2 aliphatic rings. The van der Waals surface area contributed by atoms with Crippen molar-refractivity contribution in [1.29, 1.82) is 0 Å². The first kappa shape index (κ1) is 15.8. The monoisotopic (exact) mass is 281 g/mol. The van der Waals surface area contributed by atoms with E-state index in [1.165, 1.54) is 25.7 Å². The zero-order valence-electron chi connectivity index (χ0n) is 13.2. The van der Waals surface area contributed by atoms with E-state index in [1.54, 1.807) is 0 Å². The minimum absolute atomic E-state index is 0.323. The second-order valence-corrected chi connectivity index (χ2v) is 6.49. The Kier molecular flexibility index (Phi) is 5.85. The summed E-state index contributed by atoms with van der Waals surface area (Å²) >= 11 is 0. The zero-order chi connectivity index (χ0) is 14.5. The number of carbonyl (C=O) groups is 1. The highest BCUT2D eigenvalue weighted by Crippen LogP contribution is 2.24. The quantitative estimate of drug-likeness (QED) is 0.857. The van der Waals surface area contributed by atoms with Crippen molar-refractivity contribution < 1.29 is 4.79 Å². The molecular weight excluding hydrogens is 250 g/mol. The van der Waals surface area contributed by atoms with Crippen molar-refractivity contribution in [2.24, 2.45) is 5.73 Å². The molecule has 0 bridgehead atoms. The van der Waals surface area contributed by atoms with Crippen LogP contribution in [-0.2, 0) is 4.79 Å². The molecule has 0 spiro atoms. The normalized spacial score (nSPS) is 32.4. The molecule has 2 N–H and O–H groups in total. The maximum atomic E-state index is 12.7. The molecule has 2 rings (SSSR count). The second-order valence-electron chi connectivity index (χ2n) is 6.49. The van der Waals surface area contributed by atoms with Gasteiger partial charge in [0.15, 0.2) is 0 Å². The van der Waals surface area contributed by atoms with E-state index >= 15 is 0 Å². The molecule has 2 heterocycles. The average molecular weight is 281 g/mol. The lowest BCUT2D eigenvalue weighted by atomic mass is 9.95. The summed E-state index contributed by atoms with van der Waals surface area (Å²) in [5, 5.41) is 0. The predicted molar refractivity (Wildman–Crippen MR) is 82.5 cm³/mol. The number of piperidine rings is 2. The molecule has 4 nitrogen and oxygen atoms in total. The summed E-state index contributed by atoms with van der Waals surface area (Å²) in [6.07, 6.45) is 8.28. The Morgan fingerprint density at radius 1 is 1.15 bits per heavy atom. The Morgan fingerprint density at radius 3 is 2.60 bits per heavy atom. The topological polar surface area (TPSA) is 49.6 Å². The van der Waals surface area contributed by atoms with Crippen molar-refractivity contribution in [1.82, 2.24) is 9.80 Å². The van der Waals surface area contributed by atoms with E-state index < -0.39 is 0 Å². The molecule has 116 valence electrons. The van der Waals surface area contributed by atoms with Crippen LogP contribution in [0.4, 0.5) is 0 Å². The SMILES string of the molecule is CCC1CCCCN1C(=O)CN1C(C)CCCC1CN. The minimum atomic E-state index is 0.323. The van der Waals surface area contributed by atoms with E-state index in [1.807, 2.05) is 0 Å². The van der Waals surface area contributed by atoms with E-state index in [0.717, 1.165) is 25.8 Å². The van der Waals surface area contributed by atoms with Crippen LogP contribution >= 0.6 is 0 Å². The first-order valence-electron chi connectivity index (χ1n) is 8.42. The van der Waals surface area contributed by atoms with Gasteiger partial charge in [0.2, 0.25) is 5.91 Å². The molecule has 20 heavy (non-hydrogen) atoms. The van der Waals surface area contributed by atoms with Crippen molar-refractivity contribution in [2.45, 2.75) is 76.9 Å². The van der Waals surface area contributed by atoms with E-state index in [2.05, 4.69) is 23.6 Å². The summed E-state index contributed by atoms with van der Waals surface area (Å²) in [5.74, 6) is 0.323. The van der Waals surface area contributed by atoms with Gasteiger partial charge >= 0.3 is 0 Å². The molecule has 0 aromatic carbocycles. The third-order valence-corrected chi connectivity index (χ3v) is 5.20. The van der Waals surface area contributed by atoms with Crippen molar-refractivity contribution >= 4 is 5.91 Å². The fourth-order valence-electron chi connectivity index (χ4n) is 3.88. The molecule has 0 saturated carbocycles. The van der Waals surface area contributed by atoms with Gasteiger partial charge in [-0.1, -0.05) is 13.3 Å². The fraction of sp³-hybridized carbons (Fsp3) is 0.938. The number of hydrogen-bond donors (Lipinski definition) is 1. The number of carbonyl (C=O) groups excluding carboxylic acids is 1.